The molecule has 0 aliphatic heterocycles. The highest BCUT2D eigenvalue weighted by molar-refractivity contribution is 7.99. The first-order valence-electron chi connectivity index (χ1n) is 8.71. The standard InChI is InChI=1S/C19H21ClN6OS/c1-3-6-25(9-10-27)7-8-26-18-16(17(21)22-12-23-18)24-19(26)28-15-5-4-14(20)11-13(15)2/h1,4-5,11-12,27H,6-10H2,2H3,(H2,21,22,23). The number of nitrogen functional groups attached to an aromatic ring is 1. The molecule has 0 atom stereocenters. The Kier molecular flexibility index (Phi) is 6.75. The zero-order valence-electron chi connectivity index (χ0n) is 15.5. The molecule has 146 valence electrons. The summed E-state index contributed by atoms with van der Waals surface area (Å²) in [6.45, 7) is 4.27. The molecule has 0 spiro atoms. The number of aliphatic hydroxyl groups excluding tert-OH is 1. The number of hydrogen-bond acceptors (Lipinski definition) is 7. The zero-order valence-corrected chi connectivity index (χ0v) is 17.0. The monoisotopic (exact) mass is 416 g/mol. The second kappa shape index (κ2) is 9.26. The first kappa shape index (κ1) is 20.4. The molecular weight excluding hydrogens is 396 g/mol. The number of hydrogen-bond donors (Lipinski definition) is 2. The number of halogens is 1. The topological polar surface area (TPSA) is 93.1 Å². The smallest absolute Gasteiger partial charge is 0.175 e. The normalized spacial score (nSPS) is 11.2. The number of aliphatic hydroxyl groups is 1. The summed E-state index contributed by atoms with van der Waals surface area (Å²) < 4.78 is 2.01. The summed E-state index contributed by atoms with van der Waals surface area (Å²) in [5, 5.41) is 10.7. The molecule has 3 rings (SSSR count). The van der Waals surface area contributed by atoms with Crippen LogP contribution < -0.4 is 5.73 Å². The van der Waals surface area contributed by atoms with Gasteiger partial charge in [-0.25, -0.2) is 15.0 Å². The van der Waals surface area contributed by atoms with Crippen molar-refractivity contribution in [2.75, 3.05) is 32.0 Å². The van der Waals surface area contributed by atoms with Crippen molar-refractivity contribution in [2.24, 2.45) is 0 Å². The van der Waals surface area contributed by atoms with Crippen LogP contribution in [0, 0.1) is 19.3 Å². The van der Waals surface area contributed by atoms with E-state index >= 15 is 0 Å². The van der Waals surface area contributed by atoms with E-state index in [1.165, 1.54) is 18.1 Å². The highest BCUT2D eigenvalue weighted by Crippen LogP contribution is 2.33. The second-order valence-electron chi connectivity index (χ2n) is 6.19. The SMILES string of the molecule is C#CCN(CCO)CCn1c(Sc2ccc(Cl)cc2C)nc2c(N)ncnc21. The molecule has 0 amide bonds. The Bertz CT molecular complexity index is 1020. The maximum atomic E-state index is 9.25. The van der Waals surface area contributed by atoms with Crippen LogP contribution in [-0.2, 0) is 6.54 Å². The van der Waals surface area contributed by atoms with E-state index in [-0.39, 0.29) is 6.61 Å². The van der Waals surface area contributed by atoms with Crippen molar-refractivity contribution >= 4 is 40.3 Å². The van der Waals surface area contributed by atoms with Crippen LogP contribution in [0.5, 0.6) is 0 Å². The van der Waals surface area contributed by atoms with Crippen LogP contribution in [0.2, 0.25) is 5.02 Å². The molecule has 0 aliphatic carbocycles. The van der Waals surface area contributed by atoms with Gasteiger partial charge >= 0.3 is 0 Å². The van der Waals surface area contributed by atoms with Gasteiger partial charge < -0.3 is 15.4 Å². The molecule has 0 saturated heterocycles. The largest absolute Gasteiger partial charge is 0.395 e. The Hall–Kier alpha value is -2.31. The number of anilines is 1. The fourth-order valence-electron chi connectivity index (χ4n) is 2.82. The zero-order chi connectivity index (χ0) is 20.1. The minimum Gasteiger partial charge on any atom is -0.395 e. The number of aryl methyl sites for hydroxylation is 1. The molecule has 0 fully saturated rings. The second-order valence-corrected chi connectivity index (χ2v) is 7.64. The summed E-state index contributed by atoms with van der Waals surface area (Å²) >= 11 is 7.60. The predicted molar refractivity (Wildman–Crippen MR) is 112 cm³/mol. The quantitative estimate of drug-likeness (QED) is 0.545. The molecule has 28 heavy (non-hydrogen) atoms. The summed E-state index contributed by atoms with van der Waals surface area (Å²) in [4.78, 5) is 16.1. The lowest BCUT2D eigenvalue weighted by Gasteiger charge is -2.19. The van der Waals surface area contributed by atoms with Gasteiger partial charge in [-0.15, -0.1) is 6.42 Å². The van der Waals surface area contributed by atoms with Gasteiger partial charge in [0.25, 0.3) is 0 Å². The third-order valence-corrected chi connectivity index (χ3v) is 5.64. The van der Waals surface area contributed by atoms with E-state index in [9.17, 15) is 5.11 Å². The number of benzene rings is 1. The molecule has 3 N–H and O–H groups in total. The average Bonchev–Trinajstić information content (AvgIpc) is 3.01. The molecule has 0 radical (unpaired) electrons. The summed E-state index contributed by atoms with van der Waals surface area (Å²) in [5.41, 5.74) is 8.31. The fraction of sp³-hybridized carbons (Fsp3) is 0.316. The lowest BCUT2D eigenvalue weighted by atomic mass is 10.2. The molecule has 2 heterocycles. The van der Waals surface area contributed by atoms with Gasteiger partial charge in [0.1, 0.15) is 6.33 Å². The summed E-state index contributed by atoms with van der Waals surface area (Å²) in [6.07, 6.45) is 6.87. The van der Waals surface area contributed by atoms with Gasteiger partial charge in [0.15, 0.2) is 22.1 Å². The van der Waals surface area contributed by atoms with Crippen LogP contribution in [0.25, 0.3) is 11.2 Å². The molecule has 3 aromatic rings. The van der Waals surface area contributed by atoms with Crippen LogP contribution in [0.3, 0.4) is 0 Å². The van der Waals surface area contributed by atoms with Crippen molar-refractivity contribution in [3.8, 4) is 12.3 Å². The number of rotatable bonds is 8. The van der Waals surface area contributed by atoms with Crippen LogP contribution in [0.15, 0.2) is 34.6 Å². The summed E-state index contributed by atoms with van der Waals surface area (Å²) in [7, 11) is 0. The molecule has 0 saturated carbocycles. The van der Waals surface area contributed by atoms with Gasteiger partial charge in [-0.1, -0.05) is 29.3 Å². The molecule has 0 unspecified atom stereocenters. The number of imidazole rings is 1. The molecule has 2 aromatic heterocycles. The van der Waals surface area contributed by atoms with E-state index in [1.54, 1.807) is 0 Å². The molecule has 0 bridgehead atoms. The third kappa shape index (κ3) is 4.56. The van der Waals surface area contributed by atoms with Crippen LogP contribution in [0.1, 0.15) is 5.56 Å². The fourth-order valence-corrected chi connectivity index (χ4v) is 4.03. The Morgan fingerprint density at radius 2 is 2.18 bits per heavy atom. The predicted octanol–water partition coefficient (Wildman–Crippen LogP) is 2.45. The van der Waals surface area contributed by atoms with E-state index in [0.717, 1.165) is 15.6 Å². The van der Waals surface area contributed by atoms with Crippen LogP contribution in [-0.4, -0.2) is 55.8 Å². The maximum absolute atomic E-state index is 9.25. The van der Waals surface area contributed by atoms with Crippen molar-refractivity contribution in [1.29, 1.82) is 0 Å². The van der Waals surface area contributed by atoms with Gasteiger partial charge in [0, 0.05) is 29.6 Å². The lowest BCUT2D eigenvalue weighted by molar-refractivity contribution is 0.205. The Labute approximate surface area is 172 Å². The third-order valence-electron chi connectivity index (χ3n) is 4.23. The number of aromatic nitrogens is 4. The van der Waals surface area contributed by atoms with Gasteiger partial charge in [-0.05, 0) is 30.7 Å². The average molecular weight is 417 g/mol. The van der Waals surface area contributed by atoms with Crippen molar-refractivity contribution in [3.63, 3.8) is 0 Å². The summed E-state index contributed by atoms with van der Waals surface area (Å²) in [5.74, 6) is 2.96. The van der Waals surface area contributed by atoms with E-state index in [0.29, 0.717) is 48.2 Å². The molecule has 0 aliphatic rings. The Morgan fingerprint density at radius 3 is 2.89 bits per heavy atom. The van der Waals surface area contributed by atoms with Crippen molar-refractivity contribution < 1.29 is 5.11 Å². The van der Waals surface area contributed by atoms with E-state index < -0.39 is 0 Å². The van der Waals surface area contributed by atoms with E-state index in [4.69, 9.17) is 23.8 Å². The van der Waals surface area contributed by atoms with Gasteiger partial charge in [0.2, 0.25) is 0 Å². The summed E-state index contributed by atoms with van der Waals surface area (Å²) in [6, 6.07) is 5.74. The lowest BCUT2D eigenvalue weighted by Crippen LogP contribution is -2.31. The highest BCUT2D eigenvalue weighted by Gasteiger charge is 2.17. The van der Waals surface area contributed by atoms with Crippen LogP contribution in [0.4, 0.5) is 5.82 Å². The molecule has 7 nitrogen and oxygen atoms in total. The number of nitrogens with two attached hydrogens (primary N) is 1. The minimum absolute atomic E-state index is 0.0487. The van der Waals surface area contributed by atoms with Crippen molar-refractivity contribution in [2.45, 2.75) is 23.5 Å². The van der Waals surface area contributed by atoms with Gasteiger partial charge in [-0.3, -0.25) is 4.90 Å². The minimum atomic E-state index is 0.0487. The number of terminal acetylenes is 1. The van der Waals surface area contributed by atoms with E-state index in [1.807, 2.05) is 34.6 Å². The first-order chi connectivity index (χ1) is 13.5. The Morgan fingerprint density at radius 1 is 1.36 bits per heavy atom. The maximum Gasteiger partial charge on any atom is 0.175 e. The van der Waals surface area contributed by atoms with Gasteiger partial charge in [-0.2, -0.15) is 0 Å². The van der Waals surface area contributed by atoms with Crippen molar-refractivity contribution in [3.05, 3.63) is 35.1 Å². The van der Waals surface area contributed by atoms with Gasteiger partial charge in [0.05, 0.1) is 13.2 Å². The first-order valence-corrected chi connectivity index (χ1v) is 9.90. The number of nitrogens with zero attached hydrogens (tertiary/aromatic N) is 5. The Balaban J connectivity index is 1.96. The molecule has 9 heteroatoms. The molecule has 1 aromatic carbocycles. The van der Waals surface area contributed by atoms with Crippen molar-refractivity contribution in [1.82, 2.24) is 24.4 Å². The number of fused-ring (bicyclic) bond motifs is 1. The van der Waals surface area contributed by atoms with Crippen LogP contribution >= 0.6 is 23.4 Å². The molecular formula is C19H21ClN6OS. The highest BCUT2D eigenvalue weighted by atomic mass is 35.5. The van der Waals surface area contributed by atoms with E-state index in [2.05, 4.69) is 20.9 Å².